The summed E-state index contributed by atoms with van der Waals surface area (Å²) in [7, 11) is 0. The van der Waals surface area contributed by atoms with E-state index in [9.17, 15) is 0 Å². The fraction of sp³-hybridized carbons (Fsp3) is 0.0256. The Morgan fingerprint density at radius 3 is 2.05 bits per heavy atom. The van der Waals surface area contributed by atoms with Gasteiger partial charge in [0.15, 0.2) is 0 Å². The molecule has 8 aromatic rings. The van der Waals surface area contributed by atoms with Crippen LogP contribution in [0.25, 0.3) is 69.7 Å². The Balaban J connectivity index is 1.37. The maximum absolute atomic E-state index is 2.36. The van der Waals surface area contributed by atoms with Crippen LogP contribution in [0.3, 0.4) is 0 Å². The number of hydrogen-bond acceptors (Lipinski definition) is 1. The molecule has 0 aliphatic heterocycles. The van der Waals surface area contributed by atoms with E-state index in [4.69, 9.17) is 0 Å². The molecular weight excluding hydrogens is 500 g/mol. The van der Waals surface area contributed by atoms with Crippen molar-refractivity contribution in [2.45, 2.75) is 6.42 Å². The van der Waals surface area contributed by atoms with Crippen molar-refractivity contribution in [3.63, 3.8) is 0 Å². The molecule has 8 rings (SSSR count). The van der Waals surface area contributed by atoms with E-state index in [1.807, 2.05) is 11.3 Å². The molecule has 1 heteroatoms. The van der Waals surface area contributed by atoms with E-state index in [-0.39, 0.29) is 0 Å². The van der Waals surface area contributed by atoms with Gasteiger partial charge in [-0.1, -0.05) is 133 Å². The third-order valence-electron chi connectivity index (χ3n) is 8.13. The summed E-state index contributed by atoms with van der Waals surface area (Å²) >= 11 is 1.89. The van der Waals surface area contributed by atoms with Crippen molar-refractivity contribution in [2.24, 2.45) is 0 Å². The van der Waals surface area contributed by atoms with Crippen LogP contribution in [0.5, 0.6) is 0 Å². The van der Waals surface area contributed by atoms with Gasteiger partial charge in [-0.05, 0) is 73.1 Å². The Morgan fingerprint density at radius 2 is 1.18 bits per heavy atom. The molecule has 0 atom stereocenters. The fourth-order valence-corrected chi connectivity index (χ4v) is 7.54. The van der Waals surface area contributed by atoms with Gasteiger partial charge >= 0.3 is 0 Å². The van der Waals surface area contributed by atoms with Crippen molar-refractivity contribution in [3.8, 4) is 11.1 Å². The second-order valence-corrected chi connectivity index (χ2v) is 11.5. The maximum Gasteiger partial charge on any atom is 0.0358 e. The Bertz CT molecular complexity index is 2230. The molecule has 0 nitrogen and oxygen atoms in total. The van der Waals surface area contributed by atoms with Crippen LogP contribution in [0.15, 0.2) is 140 Å². The van der Waals surface area contributed by atoms with E-state index in [2.05, 4.69) is 146 Å². The van der Waals surface area contributed by atoms with E-state index in [1.54, 1.807) is 0 Å². The van der Waals surface area contributed by atoms with Crippen LogP contribution in [0.2, 0.25) is 0 Å². The lowest BCUT2D eigenvalue weighted by Crippen LogP contribution is -1.91. The van der Waals surface area contributed by atoms with Gasteiger partial charge in [-0.25, -0.2) is 0 Å². The highest BCUT2D eigenvalue weighted by Gasteiger charge is 2.16. The first-order chi connectivity index (χ1) is 19.9. The molecule has 1 heterocycles. The summed E-state index contributed by atoms with van der Waals surface area (Å²) in [6.45, 7) is 0. The van der Waals surface area contributed by atoms with Gasteiger partial charge < -0.3 is 0 Å². The average molecular weight is 527 g/mol. The molecule has 0 saturated carbocycles. The van der Waals surface area contributed by atoms with Gasteiger partial charge in [0.05, 0.1) is 0 Å². The number of allylic oxidation sites excluding steroid dienone is 1. The molecule has 0 bridgehead atoms. The van der Waals surface area contributed by atoms with Crippen LogP contribution in [-0.2, 0) is 6.42 Å². The normalized spacial score (nSPS) is 12.0. The van der Waals surface area contributed by atoms with Crippen LogP contribution in [0, 0.1) is 0 Å². The third kappa shape index (κ3) is 3.66. The van der Waals surface area contributed by atoms with E-state index in [0.29, 0.717) is 0 Å². The van der Waals surface area contributed by atoms with Gasteiger partial charge in [-0.2, -0.15) is 0 Å². The van der Waals surface area contributed by atoms with Gasteiger partial charge in [-0.15, -0.1) is 11.3 Å². The minimum Gasteiger partial charge on any atom is -0.135 e. The van der Waals surface area contributed by atoms with Crippen LogP contribution in [0.1, 0.15) is 11.1 Å². The topological polar surface area (TPSA) is 0 Å². The maximum atomic E-state index is 2.36. The van der Waals surface area contributed by atoms with Crippen LogP contribution in [-0.4, -0.2) is 0 Å². The molecule has 188 valence electrons. The SMILES string of the molecule is C(=C\c1c2ccccc2c(-c2ccccc2)c2c1ccc1ccccc12)/Cc1cccc2sc3ccccc3c12. The zero-order valence-electron chi connectivity index (χ0n) is 22.0. The van der Waals surface area contributed by atoms with Crippen molar-refractivity contribution in [2.75, 3.05) is 0 Å². The lowest BCUT2D eigenvalue weighted by molar-refractivity contribution is 1.32. The number of benzene rings is 7. The quantitative estimate of drug-likeness (QED) is 0.158. The highest BCUT2D eigenvalue weighted by atomic mass is 32.1. The summed E-state index contributed by atoms with van der Waals surface area (Å²) in [6.07, 6.45) is 5.61. The zero-order valence-corrected chi connectivity index (χ0v) is 22.8. The molecule has 1 aromatic heterocycles. The number of rotatable bonds is 4. The first kappa shape index (κ1) is 23.2. The minimum absolute atomic E-state index is 0.891. The third-order valence-corrected chi connectivity index (χ3v) is 9.27. The Hall–Kier alpha value is -4.72. The molecule has 0 unspecified atom stereocenters. The second kappa shape index (κ2) is 9.48. The molecule has 0 amide bonds. The van der Waals surface area contributed by atoms with E-state index < -0.39 is 0 Å². The summed E-state index contributed by atoms with van der Waals surface area (Å²) in [5.41, 5.74) is 5.24. The molecule has 0 radical (unpaired) electrons. The lowest BCUT2D eigenvalue weighted by Gasteiger charge is -2.17. The molecule has 0 aliphatic carbocycles. The fourth-order valence-electron chi connectivity index (χ4n) is 6.39. The van der Waals surface area contributed by atoms with Crippen molar-refractivity contribution >= 4 is 69.9 Å². The van der Waals surface area contributed by atoms with Crippen LogP contribution >= 0.6 is 11.3 Å². The van der Waals surface area contributed by atoms with Crippen molar-refractivity contribution < 1.29 is 0 Å². The monoisotopic (exact) mass is 526 g/mol. The average Bonchev–Trinajstić information content (AvgIpc) is 3.40. The number of hydrogen-bond donors (Lipinski definition) is 0. The van der Waals surface area contributed by atoms with Gasteiger partial charge in [0.25, 0.3) is 0 Å². The number of thiophene rings is 1. The molecule has 7 aromatic carbocycles. The first-order valence-electron chi connectivity index (χ1n) is 13.8. The van der Waals surface area contributed by atoms with E-state index in [0.717, 1.165) is 6.42 Å². The summed E-state index contributed by atoms with van der Waals surface area (Å²) < 4.78 is 2.72. The standard InChI is InChI=1S/C39H26S/c1-2-13-28(14-3-1)38-32-19-7-6-18-30(32)31(33-25-24-26-12-4-5-17-29(26)39(33)38)21-10-15-27-16-11-23-36-37(27)34-20-8-9-22-35(34)40-36/h1-14,16-25H,15H2/b21-10+. The van der Waals surface area contributed by atoms with Gasteiger partial charge in [-0.3, -0.25) is 0 Å². The first-order valence-corrected chi connectivity index (χ1v) is 14.7. The van der Waals surface area contributed by atoms with Gasteiger partial charge in [0, 0.05) is 20.2 Å². The molecule has 0 fully saturated rings. The van der Waals surface area contributed by atoms with Crippen LogP contribution in [0.4, 0.5) is 0 Å². The molecule has 0 N–H and O–H groups in total. The minimum atomic E-state index is 0.891. The zero-order chi connectivity index (χ0) is 26.5. The molecular formula is C39H26S. The molecule has 0 spiro atoms. The summed E-state index contributed by atoms with van der Waals surface area (Å²) in [4.78, 5) is 0. The Labute approximate surface area is 237 Å². The predicted molar refractivity (Wildman–Crippen MR) is 176 cm³/mol. The summed E-state index contributed by atoms with van der Waals surface area (Å²) in [5, 5.41) is 10.5. The lowest BCUT2D eigenvalue weighted by atomic mass is 9.86. The highest BCUT2D eigenvalue weighted by molar-refractivity contribution is 7.25. The van der Waals surface area contributed by atoms with Gasteiger partial charge in [0.2, 0.25) is 0 Å². The van der Waals surface area contributed by atoms with Crippen molar-refractivity contribution in [1.82, 2.24) is 0 Å². The highest BCUT2D eigenvalue weighted by Crippen LogP contribution is 2.43. The smallest absolute Gasteiger partial charge is 0.0358 e. The predicted octanol–water partition coefficient (Wildman–Crippen LogP) is 11.4. The second-order valence-electron chi connectivity index (χ2n) is 10.4. The van der Waals surface area contributed by atoms with E-state index >= 15 is 0 Å². The molecule has 0 saturated heterocycles. The largest absolute Gasteiger partial charge is 0.135 e. The van der Waals surface area contributed by atoms with Crippen LogP contribution < -0.4 is 0 Å². The van der Waals surface area contributed by atoms with Crippen molar-refractivity contribution in [1.29, 1.82) is 0 Å². The van der Waals surface area contributed by atoms with Crippen molar-refractivity contribution in [3.05, 3.63) is 151 Å². The molecule has 40 heavy (non-hydrogen) atoms. The summed E-state index contributed by atoms with van der Waals surface area (Å²) in [6, 6.07) is 48.7. The Kier molecular flexibility index (Phi) is 5.50. The number of fused-ring (bicyclic) bond motifs is 7. The Morgan fingerprint density at radius 1 is 0.475 bits per heavy atom. The molecule has 0 aliphatic rings. The summed E-state index contributed by atoms with van der Waals surface area (Å²) in [5.74, 6) is 0. The van der Waals surface area contributed by atoms with E-state index in [1.165, 1.54) is 74.7 Å². The van der Waals surface area contributed by atoms with Gasteiger partial charge in [0.1, 0.15) is 0 Å².